The first-order valence-electron chi connectivity index (χ1n) is 7.33. The van der Waals surface area contributed by atoms with Crippen LogP contribution in [0.3, 0.4) is 0 Å². The third-order valence-electron chi connectivity index (χ3n) is 3.60. The number of nitrogens with zero attached hydrogens (tertiary/aromatic N) is 3. The van der Waals surface area contributed by atoms with E-state index in [1.807, 2.05) is 25.1 Å². The fraction of sp³-hybridized carbons (Fsp3) is 0.222. The Labute approximate surface area is 140 Å². The largest absolute Gasteiger partial charge is 0.322 e. The smallest absolute Gasteiger partial charge is 0.273 e. The summed E-state index contributed by atoms with van der Waals surface area (Å²) in [5.74, 6) is 2.10. The number of aryl methyl sites for hydroxylation is 1. The summed E-state index contributed by atoms with van der Waals surface area (Å²) in [5, 5.41) is 11.1. The van der Waals surface area contributed by atoms with E-state index in [0.717, 1.165) is 5.69 Å². The highest BCUT2D eigenvalue weighted by Crippen LogP contribution is 2.22. The number of carbonyl (C=O) groups is 1. The van der Waals surface area contributed by atoms with Gasteiger partial charge in [-0.15, -0.1) is 6.42 Å². The van der Waals surface area contributed by atoms with Crippen LogP contribution in [-0.4, -0.2) is 27.3 Å². The molecule has 1 amide bonds. The highest BCUT2D eigenvalue weighted by atomic mass is 16.6. The Balaban J connectivity index is 2.35. The Morgan fingerprint density at radius 3 is 2.62 bits per heavy atom. The van der Waals surface area contributed by atoms with Crippen molar-refractivity contribution in [2.45, 2.75) is 20.4 Å². The molecule has 0 aliphatic rings. The highest BCUT2D eigenvalue weighted by molar-refractivity contribution is 5.96. The second-order valence-corrected chi connectivity index (χ2v) is 5.34. The molecular weight excluding hydrogens is 306 g/mol. The lowest BCUT2D eigenvalue weighted by molar-refractivity contribution is -0.385. The summed E-state index contributed by atoms with van der Waals surface area (Å²) in [5.41, 5.74) is 2.06. The first kappa shape index (κ1) is 17.2. The minimum Gasteiger partial charge on any atom is -0.322 e. The molecule has 6 heteroatoms. The zero-order valence-electron chi connectivity index (χ0n) is 13.5. The van der Waals surface area contributed by atoms with Gasteiger partial charge in [-0.25, -0.2) is 0 Å². The first-order valence-corrected chi connectivity index (χ1v) is 7.33. The summed E-state index contributed by atoms with van der Waals surface area (Å²) in [6.45, 7) is 3.76. The predicted octanol–water partition coefficient (Wildman–Crippen LogP) is 2.88. The number of rotatable bonds is 5. The highest BCUT2D eigenvalue weighted by Gasteiger charge is 2.22. The van der Waals surface area contributed by atoms with Crippen LogP contribution in [-0.2, 0) is 6.54 Å². The molecule has 0 spiro atoms. The minimum atomic E-state index is -0.500. The van der Waals surface area contributed by atoms with Gasteiger partial charge in [0.25, 0.3) is 11.6 Å². The van der Waals surface area contributed by atoms with Gasteiger partial charge in [-0.1, -0.05) is 18.1 Å². The summed E-state index contributed by atoms with van der Waals surface area (Å²) in [6, 6.07) is 9.97. The van der Waals surface area contributed by atoms with Crippen molar-refractivity contribution in [3.8, 4) is 12.3 Å². The summed E-state index contributed by atoms with van der Waals surface area (Å²) in [6.07, 6.45) is 5.37. The number of carbonyl (C=O) groups excluding carboxylic acids is 1. The maximum atomic E-state index is 12.8. The molecule has 6 nitrogen and oxygen atoms in total. The van der Waals surface area contributed by atoms with Crippen LogP contribution in [0.2, 0.25) is 0 Å². The zero-order chi connectivity index (χ0) is 17.7. The quantitative estimate of drug-likeness (QED) is 0.481. The number of amides is 1. The fourth-order valence-electron chi connectivity index (χ4n) is 2.42. The van der Waals surface area contributed by atoms with Gasteiger partial charge in [0.2, 0.25) is 0 Å². The number of nitro groups is 1. The van der Waals surface area contributed by atoms with Crippen molar-refractivity contribution in [2.75, 3.05) is 6.54 Å². The molecule has 0 N–H and O–H groups in total. The van der Waals surface area contributed by atoms with E-state index in [1.54, 1.807) is 13.0 Å². The summed E-state index contributed by atoms with van der Waals surface area (Å²) in [7, 11) is 0. The molecule has 0 aliphatic heterocycles. The van der Waals surface area contributed by atoms with Crippen LogP contribution in [0, 0.1) is 36.3 Å². The van der Waals surface area contributed by atoms with Gasteiger partial charge in [0.05, 0.1) is 23.7 Å². The molecule has 2 rings (SSSR count). The van der Waals surface area contributed by atoms with E-state index in [4.69, 9.17) is 6.42 Å². The van der Waals surface area contributed by atoms with Crippen LogP contribution in [0.15, 0.2) is 36.4 Å². The molecule has 1 heterocycles. The van der Waals surface area contributed by atoms with Gasteiger partial charge in [-0.3, -0.25) is 19.9 Å². The average Bonchev–Trinajstić information content (AvgIpc) is 2.54. The molecule has 2 aromatic rings. The molecule has 0 atom stereocenters. The van der Waals surface area contributed by atoms with Gasteiger partial charge in [0, 0.05) is 22.9 Å². The summed E-state index contributed by atoms with van der Waals surface area (Å²) in [4.78, 5) is 29.2. The number of pyridine rings is 1. The van der Waals surface area contributed by atoms with Gasteiger partial charge in [0.15, 0.2) is 0 Å². The second kappa shape index (κ2) is 7.38. The van der Waals surface area contributed by atoms with E-state index in [9.17, 15) is 14.9 Å². The number of benzene rings is 1. The lowest BCUT2D eigenvalue weighted by Crippen LogP contribution is -2.32. The predicted molar refractivity (Wildman–Crippen MR) is 90.4 cm³/mol. The van der Waals surface area contributed by atoms with E-state index in [-0.39, 0.29) is 30.2 Å². The normalized spacial score (nSPS) is 10.0. The molecule has 0 bridgehead atoms. The van der Waals surface area contributed by atoms with Gasteiger partial charge in [-0.2, -0.15) is 0 Å². The monoisotopic (exact) mass is 323 g/mol. The zero-order valence-corrected chi connectivity index (χ0v) is 13.5. The van der Waals surface area contributed by atoms with Crippen LogP contribution in [0.5, 0.6) is 0 Å². The molecule has 0 saturated heterocycles. The van der Waals surface area contributed by atoms with Crippen molar-refractivity contribution >= 4 is 11.6 Å². The topological polar surface area (TPSA) is 76.3 Å². The van der Waals surface area contributed by atoms with Gasteiger partial charge < -0.3 is 4.90 Å². The molecule has 0 fully saturated rings. The fourth-order valence-corrected chi connectivity index (χ4v) is 2.42. The Morgan fingerprint density at radius 1 is 1.29 bits per heavy atom. The van der Waals surface area contributed by atoms with Crippen LogP contribution >= 0.6 is 0 Å². The Morgan fingerprint density at radius 2 is 2.00 bits per heavy atom. The second-order valence-electron chi connectivity index (χ2n) is 5.34. The number of aromatic nitrogens is 1. The van der Waals surface area contributed by atoms with E-state index in [1.165, 1.54) is 17.0 Å². The van der Waals surface area contributed by atoms with Gasteiger partial charge in [-0.05, 0) is 32.0 Å². The van der Waals surface area contributed by atoms with Crippen LogP contribution in [0.4, 0.5) is 5.69 Å². The van der Waals surface area contributed by atoms with E-state index in [2.05, 4.69) is 10.9 Å². The molecule has 24 heavy (non-hydrogen) atoms. The van der Waals surface area contributed by atoms with Crippen molar-refractivity contribution in [3.05, 3.63) is 69.0 Å². The SMILES string of the molecule is C#CCN(Cc1cccc(C)n1)C(=O)c1cccc([N+](=O)[O-])c1C. The third-order valence-corrected chi connectivity index (χ3v) is 3.60. The number of nitro benzene ring substituents is 1. The molecule has 1 aromatic carbocycles. The summed E-state index contributed by atoms with van der Waals surface area (Å²) < 4.78 is 0. The molecule has 0 saturated carbocycles. The Kier molecular flexibility index (Phi) is 5.27. The maximum Gasteiger partial charge on any atom is 0.273 e. The summed E-state index contributed by atoms with van der Waals surface area (Å²) >= 11 is 0. The number of terminal acetylenes is 1. The first-order chi connectivity index (χ1) is 11.4. The molecule has 122 valence electrons. The van der Waals surface area contributed by atoms with Crippen molar-refractivity contribution in [2.24, 2.45) is 0 Å². The van der Waals surface area contributed by atoms with Crippen molar-refractivity contribution in [1.29, 1.82) is 0 Å². The Hall–Kier alpha value is -3.20. The van der Waals surface area contributed by atoms with Gasteiger partial charge in [0.1, 0.15) is 0 Å². The van der Waals surface area contributed by atoms with Crippen molar-refractivity contribution < 1.29 is 9.72 Å². The van der Waals surface area contributed by atoms with Crippen LogP contribution in [0.1, 0.15) is 27.3 Å². The molecular formula is C18H17N3O3. The van der Waals surface area contributed by atoms with Crippen molar-refractivity contribution in [3.63, 3.8) is 0 Å². The average molecular weight is 323 g/mol. The third kappa shape index (κ3) is 3.76. The van der Waals surface area contributed by atoms with Gasteiger partial charge >= 0.3 is 0 Å². The van der Waals surface area contributed by atoms with E-state index >= 15 is 0 Å². The number of hydrogen-bond acceptors (Lipinski definition) is 4. The number of hydrogen-bond donors (Lipinski definition) is 0. The van der Waals surface area contributed by atoms with Crippen molar-refractivity contribution in [1.82, 2.24) is 9.88 Å². The lowest BCUT2D eigenvalue weighted by atomic mass is 10.1. The van der Waals surface area contributed by atoms with E-state index < -0.39 is 4.92 Å². The van der Waals surface area contributed by atoms with Crippen LogP contribution < -0.4 is 0 Å². The lowest BCUT2D eigenvalue weighted by Gasteiger charge is -2.21. The minimum absolute atomic E-state index is 0.0878. The Bertz CT molecular complexity index is 824. The standard InChI is InChI=1S/C18H17N3O3/c1-4-11-20(12-15-8-5-7-13(2)19-15)18(22)16-9-6-10-17(14(16)3)21(23)24/h1,5-10H,11-12H2,2-3H3. The van der Waals surface area contributed by atoms with Crippen LogP contribution in [0.25, 0.3) is 0 Å². The van der Waals surface area contributed by atoms with E-state index in [0.29, 0.717) is 11.3 Å². The molecule has 1 aromatic heterocycles. The molecule has 0 radical (unpaired) electrons. The molecule has 0 aliphatic carbocycles. The maximum absolute atomic E-state index is 12.8. The molecule has 0 unspecified atom stereocenters.